The molecule has 0 bridgehead atoms. The average Bonchev–Trinajstić information content (AvgIpc) is 2.63. The third-order valence-electron chi connectivity index (χ3n) is 2.65. The van der Waals surface area contributed by atoms with E-state index < -0.39 is 5.91 Å². The highest BCUT2D eigenvalue weighted by Gasteiger charge is 2.15. The van der Waals surface area contributed by atoms with Crippen molar-refractivity contribution < 1.29 is 4.79 Å². The van der Waals surface area contributed by atoms with Gasteiger partial charge in [-0.15, -0.1) is 0 Å². The number of hydrogen-bond acceptors (Lipinski definition) is 2. The van der Waals surface area contributed by atoms with Crippen molar-refractivity contribution in [3.05, 3.63) is 48.3 Å². The maximum Gasteiger partial charge on any atom is 0.253 e. The molecular weight excluding hydrogens is 202 g/mol. The van der Waals surface area contributed by atoms with Crippen molar-refractivity contribution in [1.82, 2.24) is 9.38 Å². The fraction of sp³-hybridized carbons (Fsp3) is 0. The maximum absolute atomic E-state index is 11.5. The van der Waals surface area contributed by atoms with Crippen molar-refractivity contribution in [2.75, 3.05) is 0 Å². The lowest BCUT2D eigenvalue weighted by Crippen LogP contribution is -2.11. The van der Waals surface area contributed by atoms with Crippen LogP contribution in [0.1, 0.15) is 10.4 Å². The Labute approximate surface area is 91.3 Å². The summed E-state index contributed by atoms with van der Waals surface area (Å²) in [6.45, 7) is 0. The molecule has 0 saturated heterocycles. The van der Waals surface area contributed by atoms with E-state index in [1.807, 2.05) is 40.9 Å². The quantitative estimate of drug-likeness (QED) is 0.664. The van der Waals surface area contributed by atoms with Crippen molar-refractivity contribution in [3.63, 3.8) is 0 Å². The SMILES string of the molecule is NC(=O)c1c2ccccc2n2cccnc12. The predicted molar refractivity (Wildman–Crippen MR) is 61.2 cm³/mol. The van der Waals surface area contributed by atoms with E-state index in [-0.39, 0.29) is 0 Å². The summed E-state index contributed by atoms with van der Waals surface area (Å²) < 4.78 is 1.87. The fourth-order valence-corrected chi connectivity index (χ4v) is 2.01. The molecule has 2 heterocycles. The van der Waals surface area contributed by atoms with E-state index in [1.54, 1.807) is 6.20 Å². The highest BCUT2D eigenvalue weighted by atomic mass is 16.1. The van der Waals surface area contributed by atoms with Gasteiger partial charge < -0.3 is 10.1 Å². The van der Waals surface area contributed by atoms with Crippen LogP contribution in [0.2, 0.25) is 0 Å². The third-order valence-corrected chi connectivity index (χ3v) is 2.65. The Morgan fingerprint density at radius 2 is 2.06 bits per heavy atom. The van der Waals surface area contributed by atoms with E-state index in [9.17, 15) is 4.79 Å². The summed E-state index contributed by atoms with van der Waals surface area (Å²) in [6.07, 6.45) is 3.53. The molecule has 0 aliphatic heterocycles. The number of rotatable bonds is 1. The molecule has 3 aromatic rings. The number of fused-ring (bicyclic) bond motifs is 3. The molecule has 4 nitrogen and oxygen atoms in total. The first-order valence-corrected chi connectivity index (χ1v) is 4.92. The molecule has 0 spiro atoms. The lowest BCUT2D eigenvalue weighted by atomic mass is 10.1. The summed E-state index contributed by atoms with van der Waals surface area (Å²) in [5.41, 5.74) is 7.43. The van der Waals surface area contributed by atoms with Gasteiger partial charge in [0.2, 0.25) is 0 Å². The highest BCUT2D eigenvalue weighted by molar-refractivity contribution is 6.12. The summed E-state index contributed by atoms with van der Waals surface area (Å²) in [7, 11) is 0. The van der Waals surface area contributed by atoms with Gasteiger partial charge in [-0.25, -0.2) is 4.98 Å². The van der Waals surface area contributed by atoms with Gasteiger partial charge in [-0.3, -0.25) is 4.79 Å². The van der Waals surface area contributed by atoms with Gasteiger partial charge >= 0.3 is 0 Å². The average molecular weight is 211 g/mol. The number of benzene rings is 1. The Hall–Kier alpha value is -2.36. The minimum atomic E-state index is -0.447. The normalized spacial score (nSPS) is 11.0. The molecule has 0 radical (unpaired) electrons. The Kier molecular flexibility index (Phi) is 1.71. The second-order valence-electron chi connectivity index (χ2n) is 3.57. The summed E-state index contributed by atoms with van der Waals surface area (Å²) in [5.74, 6) is -0.447. The summed E-state index contributed by atoms with van der Waals surface area (Å²) in [6, 6.07) is 9.45. The van der Waals surface area contributed by atoms with Gasteiger partial charge in [-0.2, -0.15) is 0 Å². The Balaban J connectivity index is 2.64. The number of nitrogens with zero attached hydrogens (tertiary/aromatic N) is 2. The smallest absolute Gasteiger partial charge is 0.253 e. The number of amides is 1. The van der Waals surface area contributed by atoms with E-state index in [2.05, 4.69) is 4.98 Å². The predicted octanol–water partition coefficient (Wildman–Crippen LogP) is 1.59. The van der Waals surface area contributed by atoms with Crippen LogP contribution in [0.15, 0.2) is 42.7 Å². The minimum Gasteiger partial charge on any atom is -0.365 e. The monoisotopic (exact) mass is 211 g/mol. The lowest BCUT2D eigenvalue weighted by Gasteiger charge is -1.94. The molecule has 4 heteroatoms. The van der Waals surface area contributed by atoms with Gasteiger partial charge in [-0.1, -0.05) is 18.2 Å². The maximum atomic E-state index is 11.5. The second-order valence-corrected chi connectivity index (χ2v) is 3.57. The van der Waals surface area contributed by atoms with Gasteiger partial charge in [-0.05, 0) is 12.1 Å². The van der Waals surface area contributed by atoms with E-state index in [4.69, 9.17) is 5.73 Å². The van der Waals surface area contributed by atoms with Crippen LogP contribution in [-0.2, 0) is 0 Å². The van der Waals surface area contributed by atoms with E-state index in [0.717, 1.165) is 10.9 Å². The van der Waals surface area contributed by atoms with Gasteiger partial charge in [0.1, 0.15) is 0 Å². The fourth-order valence-electron chi connectivity index (χ4n) is 2.01. The van der Waals surface area contributed by atoms with Crippen LogP contribution in [0.5, 0.6) is 0 Å². The lowest BCUT2D eigenvalue weighted by molar-refractivity contribution is 0.100. The molecule has 2 aromatic heterocycles. The van der Waals surface area contributed by atoms with E-state index >= 15 is 0 Å². The number of carbonyl (C=O) groups excluding carboxylic acids is 1. The molecule has 16 heavy (non-hydrogen) atoms. The molecule has 78 valence electrons. The number of aromatic nitrogens is 2. The first kappa shape index (κ1) is 8.91. The number of para-hydroxylation sites is 1. The van der Waals surface area contributed by atoms with Crippen LogP contribution < -0.4 is 5.73 Å². The number of hydrogen-bond donors (Lipinski definition) is 1. The zero-order valence-electron chi connectivity index (χ0n) is 8.42. The Morgan fingerprint density at radius 1 is 1.25 bits per heavy atom. The standard InChI is InChI=1S/C12H9N3O/c13-11(16)10-8-4-1-2-5-9(8)15-7-3-6-14-12(10)15/h1-7H,(H2,13,16). The molecule has 0 aliphatic rings. The Morgan fingerprint density at radius 3 is 2.88 bits per heavy atom. The van der Waals surface area contributed by atoms with Crippen molar-refractivity contribution in [2.45, 2.75) is 0 Å². The topological polar surface area (TPSA) is 60.4 Å². The van der Waals surface area contributed by atoms with Gasteiger partial charge in [0.15, 0.2) is 5.65 Å². The zero-order valence-corrected chi connectivity index (χ0v) is 8.42. The first-order valence-electron chi connectivity index (χ1n) is 4.92. The van der Waals surface area contributed by atoms with Crippen molar-refractivity contribution >= 4 is 22.5 Å². The Bertz CT molecular complexity index is 646. The summed E-state index contributed by atoms with van der Waals surface area (Å²) in [5, 5.41) is 0.841. The number of primary amides is 1. The van der Waals surface area contributed by atoms with Crippen LogP contribution >= 0.6 is 0 Å². The van der Waals surface area contributed by atoms with Gasteiger partial charge in [0.25, 0.3) is 5.91 Å². The molecule has 0 atom stereocenters. The second kappa shape index (κ2) is 3.06. The van der Waals surface area contributed by atoms with Gasteiger partial charge in [0, 0.05) is 17.8 Å². The van der Waals surface area contributed by atoms with Crippen LogP contribution in [0.4, 0.5) is 0 Å². The molecule has 0 unspecified atom stereocenters. The molecule has 1 aromatic carbocycles. The molecule has 0 aliphatic carbocycles. The third kappa shape index (κ3) is 1.04. The van der Waals surface area contributed by atoms with Crippen molar-refractivity contribution in [2.24, 2.45) is 5.73 Å². The van der Waals surface area contributed by atoms with E-state index in [0.29, 0.717) is 11.2 Å². The largest absolute Gasteiger partial charge is 0.365 e. The van der Waals surface area contributed by atoms with Crippen LogP contribution in [0, 0.1) is 0 Å². The first-order chi connectivity index (χ1) is 7.79. The molecule has 0 saturated carbocycles. The molecular formula is C12H9N3O. The number of carbonyl (C=O) groups is 1. The molecule has 0 fully saturated rings. The zero-order chi connectivity index (χ0) is 11.1. The number of nitrogens with two attached hydrogens (primary N) is 1. The highest BCUT2D eigenvalue weighted by Crippen LogP contribution is 2.24. The van der Waals surface area contributed by atoms with Crippen LogP contribution in [0.3, 0.4) is 0 Å². The van der Waals surface area contributed by atoms with Crippen molar-refractivity contribution in [1.29, 1.82) is 0 Å². The van der Waals surface area contributed by atoms with Crippen LogP contribution in [0.25, 0.3) is 16.6 Å². The summed E-state index contributed by atoms with van der Waals surface area (Å²) in [4.78, 5) is 15.7. The minimum absolute atomic E-state index is 0.447. The molecule has 2 N–H and O–H groups in total. The van der Waals surface area contributed by atoms with Gasteiger partial charge in [0.05, 0.1) is 11.1 Å². The summed E-state index contributed by atoms with van der Waals surface area (Å²) >= 11 is 0. The molecule has 3 rings (SSSR count). The van der Waals surface area contributed by atoms with Crippen LogP contribution in [-0.4, -0.2) is 15.3 Å². The molecule has 1 amide bonds. The van der Waals surface area contributed by atoms with Crippen molar-refractivity contribution in [3.8, 4) is 0 Å². The van der Waals surface area contributed by atoms with E-state index in [1.165, 1.54) is 0 Å².